The van der Waals surface area contributed by atoms with Crippen LogP contribution in [0.2, 0.25) is 0 Å². The smallest absolute Gasteiger partial charge is 0.253 e. The maximum Gasteiger partial charge on any atom is 0.253 e. The molecule has 2 aromatic carbocycles. The van der Waals surface area contributed by atoms with E-state index in [1.807, 2.05) is 42.3 Å². The number of piperidine rings is 1. The van der Waals surface area contributed by atoms with E-state index >= 15 is 0 Å². The molecule has 0 unspecified atom stereocenters. The summed E-state index contributed by atoms with van der Waals surface area (Å²) in [4.78, 5) is 19.1. The molecule has 6 nitrogen and oxygen atoms in total. The van der Waals surface area contributed by atoms with Gasteiger partial charge in [-0.25, -0.2) is 4.98 Å². The third-order valence-corrected chi connectivity index (χ3v) is 5.49. The molecule has 1 aromatic heterocycles. The Balaban J connectivity index is 1.41. The third-order valence-electron chi connectivity index (χ3n) is 5.49. The molecule has 1 aliphatic heterocycles. The highest BCUT2D eigenvalue weighted by Gasteiger charge is 2.25. The van der Waals surface area contributed by atoms with Crippen molar-refractivity contribution >= 4 is 5.91 Å². The lowest BCUT2D eigenvalue weighted by Crippen LogP contribution is -2.38. The molecule has 0 saturated carbocycles. The van der Waals surface area contributed by atoms with Gasteiger partial charge in [0.25, 0.3) is 5.91 Å². The Morgan fingerprint density at radius 1 is 1.11 bits per heavy atom. The van der Waals surface area contributed by atoms with Crippen LogP contribution in [0.3, 0.4) is 0 Å². The number of carbonyl (C=O) groups excluding carboxylic acids is 1. The van der Waals surface area contributed by atoms with E-state index < -0.39 is 0 Å². The monoisotopic (exact) mass is 375 g/mol. The minimum absolute atomic E-state index is 0.0890. The molecule has 0 spiro atoms. The van der Waals surface area contributed by atoms with E-state index in [9.17, 15) is 4.79 Å². The minimum Gasteiger partial charge on any atom is -0.339 e. The molecule has 1 saturated heterocycles. The lowest BCUT2D eigenvalue weighted by molar-refractivity contribution is 0.0713. The van der Waals surface area contributed by atoms with Crippen LogP contribution in [-0.4, -0.2) is 38.7 Å². The molecule has 0 bridgehead atoms. The summed E-state index contributed by atoms with van der Waals surface area (Å²) in [6.45, 7) is 2.10. The third kappa shape index (κ3) is 3.68. The van der Waals surface area contributed by atoms with Gasteiger partial charge in [0.2, 0.25) is 0 Å². The Morgan fingerprint density at radius 3 is 2.46 bits per heavy atom. The maximum absolute atomic E-state index is 12.9. The van der Waals surface area contributed by atoms with Crippen LogP contribution in [-0.2, 0) is 13.6 Å². The zero-order valence-electron chi connectivity index (χ0n) is 16.1. The second-order valence-corrected chi connectivity index (χ2v) is 7.29. The number of nitrogens with two attached hydrogens (primary N) is 1. The number of aromatic nitrogens is 3. The van der Waals surface area contributed by atoms with Crippen LogP contribution in [0.5, 0.6) is 0 Å². The lowest BCUT2D eigenvalue weighted by Gasteiger charge is -2.33. The van der Waals surface area contributed by atoms with Crippen LogP contribution < -0.4 is 5.73 Å². The minimum atomic E-state index is 0.0890. The van der Waals surface area contributed by atoms with E-state index in [1.165, 1.54) is 11.1 Å². The van der Waals surface area contributed by atoms with Gasteiger partial charge in [-0.1, -0.05) is 36.4 Å². The van der Waals surface area contributed by atoms with Crippen molar-refractivity contribution in [2.45, 2.75) is 25.3 Å². The number of nitrogens with zero attached hydrogens (tertiary/aromatic N) is 4. The van der Waals surface area contributed by atoms with Gasteiger partial charge >= 0.3 is 0 Å². The Morgan fingerprint density at radius 2 is 1.82 bits per heavy atom. The van der Waals surface area contributed by atoms with E-state index in [0.717, 1.165) is 31.5 Å². The SMILES string of the molecule is Cn1cnc(-c2ccc(C(=O)N3CCC(c4ccccc4CN)CC3)cc2)n1. The zero-order valence-corrected chi connectivity index (χ0v) is 16.1. The van der Waals surface area contributed by atoms with Crippen LogP contribution in [0.4, 0.5) is 0 Å². The average Bonchev–Trinajstić information content (AvgIpc) is 3.20. The highest BCUT2D eigenvalue weighted by molar-refractivity contribution is 5.94. The Labute approximate surface area is 165 Å². The van der Waals surface area contributed by atoms with E-state index in [1.54, 1.807) is 11.0 Å². The largest absolute Gasteiger partial charge is 0.339 e. The van der Waals surface area contributed by atoms with Crippen molar-refractivity contribution in [1.82, 2.24) is 19.7 Å². The Hall–Kier alpha value is -2.99. The first-order valence-corrected chi connectivity index (χ1v) is 9.69. The number of carbonyl (C=O) groups is 1. The van der Waals surface area contributed by atoms with E-state index in [-0.39, 0.29) is 5.91 Å². The molecule has 2 N–H and O–H groups in total. The normalized spacial score (nSPS) is 15.0. The topological polar surface area (TPSA) is 77.0 Å². The molecular weight excluding hydrogens is 350 g/mol. The predicted octanol–water partition coefficient (Wildman–Crippen LogP) is 2.96. The van der Waals surface area contributed by atoms with Crippen molar-refractivity contribution in [2.24, 2.45) is 12.8 Å². The van der Waals surface area contributed by atoms with Gasteiger partial charge in [0.15, 0.2) is 5.82 Å². The van der Waals surface area contributed by atoms with Gasteiger partial charge in [-0.05, 0) is 42.0 Å². The van der Waals surface area contributed by atoms with Crippen molar-refractivity contribution in [3.8, 4) is 11.4 Å². The van der Waals surface area contributed by atoms with Crippen molar-refractivity contribution in [1.29, 1.82) is 0 Å². The summed E-state index contributed by atoms with van der Waals surface area (Å²) in [5.41, 5.74) is 10.1. The van der Waals surface area contributed by atoms with Gasteiger partial charge in [0.05, 0.1) is 0 Å². The summed E-state index contributed by atoms with van der Waals surface area (Å²) in [5, 5.41) is 4.30. The standard InChI is InChI=1S/C22H25N5O/c1-26-15-24-21(25-26)17-6-8-18(9-7-17)22(28)27-12-10-16(11-13-27)20-5-3-2-4-19(20)14-23/h2-9,15-16H,10-14,23H2,1H3. The molecule has 2 heterocycles. The number of likely N-dealkylation sites (tertiary alicyclic amines) is 1. The first kappa shape index (κ1) is 18.4. The Bertz CT molecular complexity index is 955. The summed E-state index contributed by atoms with van der Waals surface area (Å²) >= 11 is 0. The highest BCUT2D eigenvalue weighted by atomic mass is 16.2. The van der Waals surface area contributed by atoms with Gasteiger partial charge in [-0.15, -0.1) is 0 Å². The van der Waals surface area contributed by atoms with E-state index in [2.05, 4.69) is 28.3 Å². The Kier molecular flexibility index (Phi) is 5.21. The van der Waals surface area contributed by atoms with Gasteiger partial charge in [-0.2, -0.15) is 5.10 Å². The van der Waals surface area contributed by atoms with E-state index in [0.29, 0.717) is 23.9 Å². The number of aryl methyl sites for hydroxylation is 1. The molecule has 144 valence electrons. The fourth-order valence-electron chi connectivity index (χ4n) is 3.93. The van der Waals surface area contributed by atoms with Crippen LogP contribution in [0.1, 0.15) is 40.2 Å². The quantitative estimate of drug-likeness (QED) is 0.761. The van der Waals surface area contributed by atoms with Crippen LogP contribution >= 0.6 is 0 Å². The zero-order chi connectivity index (χ0) is 19.5. The van der Waals surface area contributed by atoms with Crippen LogP contribution in [0.15, 0.2) is 54.9 Å². The molecule has 0 radical (unpaired) electrons. The number of hydrogen-bond donors (Lipinski definition) is 1. The van der Waals surface area contributed by atoms with Crippen LogP contribution in [0, 0.1) is 0 Å². The fraction of sp³-hybridized carbons (Fsp3) is 0.318. The first-order valence-electron chi connectivity index (χ1n) is 9.69. The van der Waals surface area contributed by atoms with E-state index in [4.69, 9.17) is 5.73 Å². The van der Waals surface area contributed by atoms with Crippen molar-refractivity contribution in [3.63, 3.8) is 0 Å². The highest BCUT2D eigenvalue weighted by Crippen LogP contribution is 2.31. The average molecular weight is 375 g/mol. The predicted molar refractivity (Wildman–Crippen MR) is 109 cm³/mol. The second kappa shape index (κ2) is 7.94. The van der Waals surface area contributed by atoms with Crippen molar-refractivity contribution in [3.05, 3.63) is 71.5 Å². The molecule has 1 amide bonds. The molecule has 28 heavy (non-hydrogen) atoms. The molecule has 1 fully saturated rings. The molecule has 6 heteroatoms. The fourth-order valence-corrected chi connectivity index (χ4v) is 3.93. The van der Waals surface area contributed by atoms with Crippen molar-refractivity contribution < 1.29 is 4.79 Å². The number of amides is 1. The molecular formula is C22H25N5O. The first-order chi connectivity index (χ1) is 13.7. The van der Waals surface area contributed by atoms with Gasteiger partial charge in [0.1, 0.15) is 6.33 Å². The number of hydrogen-bond acceptors (Lipinski definition) is 4. The summed E-state index contributed by atoms with van der Waals surface area (Å²) in [7, 11) is 1.84. The van der Waals surface area contributed by atoms with Crippen LogP contribution in [0.25, 0.3) is 11.4 Å². The molecule has 1 aliphatic rings. The summed E-state index contributed by atoms with van der Waals surface area (Å²) in [6, 6.07) is 15.9. The number of rotatable bonds is 4. The molecule has 4 rings (SSSR count). The summed E-state index contributed by atoms with van der Waals surface area (Å²) in [5.74, 6) is 1.23. The van der Waals surface area contributed by atoms with Gasteiger partial charge in [-0.3, -0.25) is 9.48 Å². The molecule has 0 aliphatic carbocycles. The molecule has 0 atom stereocenters. The summed E-state index contributed by atoms with van der Waals surface area (Å²) in [6.07, 6.45) is 3.61. The lowest BCUT2D eigenvalue weighted by atomic mass is 9.86. The van der Waals surface area contributed by atoms with Gasteiger partial charge in [0, 0.05) is 37.8 Å². The summed E-state index contributed by atoms with van der Waals surface area (Å²) < 4.78 is 1.67. The maximum atomic E-state index is 12.9. The molecule has 3 aromatic rings. The van der Waals surface area contributed by atoms with Crippen molar-refractivity contribution in [2.75, 3.05) is 13.1 Å². The number of benzene rings is 2. The van der Waals surface area contributed by atoms with Gasteiger partial charge < -0.3 is 10.6 Å². The second-order valence-electron chi connectivity index (χ2n) is 7.29.